The minimum atomic E-state index is -0.398. The standard InChI is InChI=1S/C20H22BrNO4/c1-3-22(20(24)26-14-15-8-6-5-7-9-15)13-17-12-16(10-11-18(17)21)19(23)25-4-2/h5-12H,3-4,13-14H2,1-2H3. The minimum absolute atomic E-state index is 0.222. The third-order valence-corrected chi connectivity index (χ3v) is 4.54. The van der Waals surface area contributed by atoms with E-state index in [4.69, 9.17) is 9.47 Å². The maximum absolute atomic E-state index is 12.4. The van der Waals surface area contributed by atoms with E-state index in [9.17, 15) is 9.59 Å². The van der Waals surface area contributed by atoms with E-state index in [2.05, 4.69) is 15.9 Å². The molecule has 0 N–H and O–H groups in total. The number of rotatable bonds is 7. The van der Waals surface area contributed by atoms with Crippen LogP contribution < -0.4 is 0 Å². The lowest BCUT2D eigenvalue weighted by molar-refractivity contribution is 0.0526. The minimum Gasteiger partial charge on any atom is -0.462 e. The smallest absolute Gasteiger partial charge is 0.410 e. The average Bonchev–Trinajstić information content (AvgIpc) is 2.66. The topological polar surface area (TPSA) is 55.8 Å². The van der Waals surface area contributed by atoms with Crippen molar-refractivity contribution in [2.75, 3.05) is 13.2 Å². The summed E-state index contributed by atoms with van der Waals surface area (Å²) in [6.07, 6.45) is -0.398. The van der Waals surface area contributed by atoms with E-state index in [-0.39, 0.29) is 12.6 Å². The molecule has 0 radical (unpaired) electrons. The zero-order chi connectivity index (χ0) is 18.9. The molecule has 0 saturated heterocycles. The van der Waals surface area contributed by atoms with Crippen LogP contribution in [0.25, 0.3) is 0 Å². The van der Waals surface area contributed by atoms with Gasteiger partial charge in [-0.2, -0.15) is 0 Å². The first kappa shape index (κ1) is 20.0. The van der Waals surface area contributed by atoms with Crippen LogP contribution in [0.3, 0.4) is 0 Å². The fourth-order valence-electron chi connectivity index (χ4n) is 2.36. The number of amides is 1. The quantitative estimate of drug-likeness (QED) is 0.605. The second kappa shape index (κ2) is 9.97. The van der Waals surface area contributed by atoms with E-state index in [1.54, 1.807) is 30.0 Å². The number of carbonyl (C=O) groups is 2. The lowest BCUT2D eigenvalue weighted by Crippen LogP contribution is -2.31. The van der Waals surface area contributed by atoms with Crippen molar-refractivity contribution in [3.63, 3.8) is 0 Å². The molecule has 26 heavy (non-hydrogen) atoms. The van der Waals surface area contributed by atoms with E-state index in [0.717, 1.165) is 15.6 Å². The van der Waals surface area contributed by atoms with Crippen molar-refractivity contribution in [1.82, 2.24) is 4.90 Å². The maximum atomic E-state index is 12.4. The molecule has 138 valence electrons. The molecule has 0 aliphatic rings. The highest BCUT2D eigenvalue weighted by molar-refractivity contribution is 9.10. The van der Waals surface area contributed by atoms with Crippen LogP contribution in [0.1, 0.15) is 35.3 Å². The summed E-state index contributed by atoms with van der Waals surface area (Å²) < 4.78 is 11.2. The molecule has 0 bridgehead atoms. The first-order valence-electron chi connectivity index (χ1n) is 8.46. The van der Waals surface area contributed by atoms with Gasteiger partial charge >= 0.3 is 12.1 Å². The van der Waals surface area contributed by atoms with Crippen LogP contribution in [0.4, 0.5) is 4.79 Å². The van der Waals surface area contributed by atoms with E-state index in [1.807, 2.05) is 37.3 Å². The van der Waals surface area contributed by atoms with Crippen LogP contribution in [0.2, 0.25) is 0 Å². The van der Waals surface area contributed by atoms with Gasteiger partial charge in [0.15, 0.2) is 0 Å². The Kier molecular flexibility index (Phi) is 7.66. The van der Waals surface area contributed by atoms with Gasteiger partial charge in [-0.3, -0.25) is 0 Å². The monoisotopic (exact) mass is 419 g/mol. The van der Waals surface area contributed by atoms with Gasteiger partial charge in [-0.15, -0.1) is 0 Å². The predicted octanol–water partition coefficient (Wildman–Crippen LogP) is 4.78. The molecule has 2 rings (SSSR count). The van der Waals surface area contributed by atoms with Gasteiger partial charge in [0.05, 0.1) is 18.7 Å². The summed E-state index contributed by atoms with van der Waals surface area (Å²) >= 11 is 3.47. The Balaban J connectivity index is 2.05. The summed E-state index contributed by atoms with van der Waals surface area (Å²) in [5, 5.41) is 0. The summed E-state index contributed by atoms with van der Waals surface area (Å²) in [5.74, 6) is -0.379. The third-order valence-electron chi connectivity index (χ3n) is 3.76. The van der Waals surface area contributed by atoms with Crippen molar-refractivity contribution < 1.29 is 19.1 Å². The Bertz CT molecular complexity index is 749. The molecule has 0 heterocycles. The number of ether oxygens (including phenoxy) is 2. The van der Waals surface area contributed by atoms with Crippen molar-refractivity contribution in [1.29, 1.82) is 0 Å². The fourth-order valence-corrected chi connectivity index (χ4v) is 2.73. The summed E-state index contributed by atoms with van der Waals surface area (Å²) in [6, 6.07) is 14.7. The first-order chi connectivity index (χ1) is 12.5. The van der Waals surface area contributed by atoms with Gasteiger partial charge in [0.2, 0.25) is 0 Å². The molecular formula is C20H22BrNO4. The third kappa shape index (κ3) is 5.59. The molecule has 0 saturated carbocycles. The summed E-state index contributed by atoms with van der Waals surface area (Å²) in [4.78, 5) is 25.9. The highest BCUT2D eigenvalue weighted by atomic mass is 79.9. The molecule has 0 aliphatic heterocycles. The zero-order valence-corrected chi connectivity index (χ0v) is 16.5. The predicted molar refractivity (Wildman–Crippen MR) is 103 cm³/mol. The van der Waals surface area contributed by atoms with Gasteiger partial charge in [0.1, 0.15) is 6.61 Å². The number of benzene rings is 2. The van der Waals surface area contributed by atoms with Crippen molar-refractivity contribution in [3.05, 3.63) is 69.7 Å². The molecule has 5 nitrogen and oxygen atoms in total. The van der Waals surface area contributed by atoms with Crippen molar-refractivity contribution in [3.8, 4) is 0 Å². The van der Waals surface area contributed by atoms with E-state index < -0.39 is 6.09 Å². The molecule has 1 amide bonds. The van der Waals surface area contributed by atoms with Crippen molar-refractivity contribution in [2.45, 2.75) is 27.0 Å². The molecule has 0 fully saturated rings. The Morgan fingerprint density at radius 3 is 2.42 bits per heavy atom. The van der Waals surface area contributed by atoms with Crippen LogP contribution in [-0.2, 0) is 22.6 Å². The van der Waals surface area contributed by atoms with Crippen LogP contribution >= 0.6 is 15.9 Å². The molecule has 0 aliphatic carbocycles. The Hall–Kier alpha value is -2.34. The Labute approximate surface area is 162 Å². The van der Waals surface area contributed by atoms with Crippen LogP contribution in [0.15, 0.2) is 53.0 Å². The molecule has 0 aromatic heterocycles. The first-order valence-corrected chi connectivity index (χ1v) is 9.25. The van der Waals surface area contributed by atoms with Gasteiger partial charge in [0, 0.05) is 11.0 Å². The zero-order valence-electron chi connectivity index (χ0n) is 14.9. The van der Waals surface area contributed by atoms with Gasteiger partial charge in [-0.1, -0.05) is 46.3 Å². The highest BCUT2D eigenvalue weighted by Crippen LogP contribution is 2.21. The van der Waals surface area contributed by atoms with Gasteiger partial charge in [-0.05, 0) is 43.2 Å². The maximum Gasteiger partial charge on any atom is 0.410 e. The molecule has 0 unspecified atom stereocenters. The number of esters is 1. The highest BCUT2D eigenvalue weighted by Gasteiger charge is 2.17. The van der Waals surface area contributed by atoms with E-state index in [0.29, 0.717) is 25.3 Å². The SMILES string of the molecule is CCOC(=O)c1ccc(Br)c(CN(CC)C(=O)OCc2ccccc2)c1. The van der Waals surface area contributed by atoms with Gasteiger partial charge < -0.3 is 14.4 Å². The normalized spacial score (nSPS) is 10.3. The summed E-state index contributed by atoms with van der Waals surface area (Å²) in [6.45, 7) is 5.01. The second-order valence-electron chi connectivity index (χ2n) is 5.58. The summed E-state index contributed by atoms with van der Waals surface area (Å²) in [5.41, 5.74) is 2.20. The fraction of sp³-hybridized carbons (Fsp3) is 0.300. The number of hydrogen-bond donors (Lipinski definition) is 0. The second-order valence-corrected chi connectivity index (χ2v) is 6.44. The lowest BCUT2D eigenvalue weighted by Gasteiger charge is -2.21. The molecular weight excluding hydrogens is 398 g/mol. The Morgan fingerprint density at radius 1 is 1.04 bits per heavy atom. The van der Waals surface area contributed by atoms with Gasteiger partial charge in [-0.25, -0.2) is 9.59 Å². The van der Waals surface area contributed by atoms with Crippen LogP contribution in [-0.4, -0.2) is 30.1 Å². The van der Waals surface area contributed by atoms with Crippen molar-refractivity contribution >= 4 is 28.0 Å². The molecule has 0 atom stereocenters. The lowest BCUT2D eigenvalue weighted by atomic mass is 10.1. The van der Waals surface area contributed by atoms with E-state index in [1.165, 1.54) is 0 Å². The van der Waals surface area contributed by atoms with Crippen molar-refractivity contribution in [2.24, 2.45) is 0 Å². The molecule has 6 heteroatoms. The van der Waals surface area contributed by atoms with E-state index >= 15 is 0 Å². The van der Waals surface area contributed by atoms with Crippen LogP contribution in [0, 0.1) is 0 Å². The number of halogens is 1. The number of hydrogen-bond acceptors (Lipinski definition) is 4. The van der Waals surface area contributed by atoms with Gasteiger partial charge in [0.25, 0.3) is 0 Å². The van der Waals surface area contributed by atoms with Crippen LogP contribution in [0.5, 0.6) is 0 Å². The number of nitrogens with zero attached hydrogens (tertiary/aromatic N) is 1. The summed E-state index contributed by atoms with van der Waals surface area (Å²) in [7, 11) is 0. The largest absolute Gasteiger partial charge is 0.462 e. The number of carbonyl (C=O) groups excluding carboxylic acids is 2. The molecule has 2 aromatic carbocycles. The molecule has 2 aromatic rings. The molecule has 0 spiro atoms. The average molecular weight is 420 g/mol. The Morgan fingerprint density at radius 2 is 1.77 bits per heavy atom.